The highest BCUT2D eigenvalue weighted by molar-refractivity contribution is 5.66. The van der Waals surface area contributed by atoms with E-state index in [0.717, 1.165) is 22.5 Å². The van der Waals surface area contributed by atoms with Gasteiger partial charge in [-0.3, -0.25) is 0 Å². The van der Waals surface area contributed by atoms with Crippen LogP contribution < -0.4 is 0 Å². The molecule has 0 aliphatic rings. The maximum atomic E-state index is 12.7. The molecular weight excluding hydrogens is 177 g/mol. The summed E-state index contributed by atoms with van der Waals surface area (Å²) in [4.78, 5) is 3.23. The molecule has 0 amide bonds. The van der Waals surface area contributed by atoms with E-state index >= 15 is 0 Å². The highest BCUT2D eigenvalue weighted by Crippen LogP contribution is 2.24. The number of nitrogens with one attached hydrogen (secondary N) is 1. The Morgan fingerprint density at radius 3 is 2.21 bits per heavy atom. The van der Waals surface area contributed by atoms with Crippen LogP contribution in [0, 0.1) is 19.7 Å². The second-order valence-electron chi connectivity index (χ2n) is 3.50. The summed E-state index contributed by atoms with van der Waals surface area (Å²) in [6.07, 6.45) is 0. The van der Waals surface area contributed by atoms with Crippen LogP contribution in [-0.2, 0) is 0 Å². The molecule has 0 spiro atoms. The average Bonchev–Trinajstić information content (AvgIpc) is 2.47. The van der Waals surface area contributed by atoms with Gasteiger partial charge >= 0.3 is 0 Å². The standard InChI is InChI=1S/C12H12FN/c1-8-7-12(9(2)14-8)10-3-5-11(13)6-4-10/h3-7,14H,1-2H3. The molecule has 0 bridgehead atoms. The number of halogens is 1. The Bertz CT molecular complexity index is 440. The third kappa shape index (κ3) is 1.55. The van der Waals surface area contributed by atoms with Gasteiger partial charge in [0, 0.05) is 17.0 Å². The Labute approximate surface area is 82.6 Å². The summed E-state index contributed by atoms with van der Waals surface area (Å²) >= 11 is 0. The van der Waals surface area contributed by atoms with E-state index in [1.807, 2.05) is 13.8 Å². The molecule has 0 saturated heterocycles. The van der Waals surface area contributed by atoms with Crippen molar-refractivity contribution in [3.63, 3.8) is 0 Å². The SMILES string of the molecule is Cc1cc(-c2ccc(F)cc2)c(C)[nH]1. The fourth-order valence-electron chi connectivity index (χ4n) is 1.65. The fraction of sp³-hybridized carbons (Fsp3) is 0.167. The van der Waals surface area contributed by atoms with Gasteiger partial charge in [-0.15, -0.1) is 0 Å². The van der Waals surface area contributed by atoms with Crippen LogP contribution >= 0.6 is 0 Å². The van der Waals surface area contributed by atoms with Gasteiger partial charge in [0.05, 0.1) is 0 Å². The van der Waals surface area contributed by atoms with E-state index in [1.54, 1.807) is 12.1 Å². The van der Waals surface area contributed by atoms with Crippen molar-refractivity contribution in [2.45, 2.75) is 13.8 Å². The van der Waals surface area contributed by atoms with Crippen LogP contribution in [0.1, 0.15) is 11.4 Å². The summed E-state index contributed by atoms with van der Waals surface area (Å²) in [5.74, 6) is -0.196. The quantitative estimate of drug-likeness (QED) is 0.707. The predicted octanol–water partition coefficient (Wildman–Crippen LogP) is 3.44. The van der Waals surface area contributed by atoms with Gasteiger partial charge in [-0.1, -0.05) is 12.1 Å². The number of H-pyrrole nitrogens is 1. The molecule has 0 unspecified atom stereocenters. The Morgan fingerprint density at radius 1 is 1.07 bits per heavy atom. The number of rotatable bonds is 1. The van der Waals surface area contributed by atoms with E-state index < -0.39 is 0 Å². The lowest BCUT2D eigenvalue weighted by molar-refractivity contribution is 0.628. The van der Waals surface area contributed by atoms with Gasteiger partial charge in [0.1, 0.15) is 5.82 Å². The zero-order valence-electron chi connectivity index (χ0n) is 8.26. The van der Waals surface area contributed by atoms with Crippen molar-refractivity contribution in [2.24, 2.45) is 0 Å². The van der Waals surface area contributed by atoms with Gasteiger partial charge in [-0.05, 0) is 37.6 Å². The highest BCUT2D eigenvalue weighted by atomic mass is 19.1. The molecule has 1 heterocycles. The molecule has 1 aromatic heterocycles. The lowest BCUT2D eigenvalue weighted by Crippen LogP contribution is -1.79. The third-order valence-corrected chi connectivity index (χ3v) is 2.30. The number of aryl methyl sites for hydroxylation is 2. The molecule has 0 saturated carbocycles. The Balaban J connectivity index is 2.49. The molecule has 2 rings (SSSR count). The molecule has 0 radical (unpaired) electrons. The minimum absolute atomic E-state index is 0.196. The van der Waals surface area contributed by atoms with Gasteiger partial charge in [0.25, 0.3) is 0 Å². The third-order valence-electron chi connectivity index (χ3n) is 2.30. The smallest absolute Gasteiger partial charge is 0.123 e. The van der Waals surface area contributed by atoms with E-state index in [2.05, 4.69) is 11.1 Å². The summed E-state index contributed by atoms with van der Waals surface area (Å²) in [7, 11) is 0. The van der Waals surface area contributed by atoms with Crippen molar-refractivity contribution in [3.8, 4) is 11.1 Å². The van der Waals surface area contributed by atoms with Crippen LogP contribution in [0.2, 0.25) is 0 Å². The van der Waals surface area contributed by atoms with Crippen molar-refractivity contribution in [2.75, 3.05) is 0 Å². The fourth-order valence-corrected chi connectivity index (χ4v) is 1.65. The van der Waals surface area contributed by atoms with Crippen LogP contribution in [0.3, 0.4) is 0 Å². The molecule has 0 fully saturated rings. The van der Waals surface area contributed by atoms with Crippen LogP contribution in [0.15, 0.2) is 30.3 Å². The highest BCUT2D eigenvalue weighted by Gasteiger charge is 2.04. The van der Waals surface area contributed by atoms with E-state index in [4.69, 9.17) is 0 Å². The van der Waals surface area contributed by atoms with Gasteiger partial charge in [0.2, 0.25) is 0 Å². The molecule has 1 N–H and O–H groups in total. The maximum Gasteiger partial charge on any atom is 0.123 e. The summed E-state index contributed by atoms with van der Waals surface area (Å²) in [6.45, 7) is 4.03. The monoisotopic (exact) mass is 189 g/mol. The number of aromatic nitrogens is 1. The van der Waals surface area contributed by atoms with Crippen molar-refractivity contribution in [3.05, 3.63) is 47.5 Å². The topological polar surface area (TPSA) is 15.8 Å². The molecule has 14 heavy (non-hydrogen) atoms. The van der Waals surface area contributed by atoms with Crippen LogP contribution in [0.4, 0.5) is 4.39 Å². The lowest BCUT2D eigenvalue weighted by atomic mass is 10.1. The van der Waals surface area contributed by atoms with E-state index in [1.165, 1.54) is 12.1 Å². The second-order valence-corrected chi connectivity index (χ2v) is 3.50. The number of hydrogen-bond donors (Lipinski definition) is 1. The number of benzene rings is 1. The normalized spacial score (nSPS) is 10.5. The van der Waals surface area contributed by atoms with Gasteiger partial charge in [-0.2, -0.15) is 0 Å². The number of aromatic amines is 1. The first-order chi connectivity index (χ1) is 6.66. The van der Waals surface area contributed by atoms with E-state index in [9.17, 15) is 4.39 Å². The van der Waals surface area contributed by atoms with Crippen LogP contribution in [-0.4, -0.2) is 4.98 Å². The molecule has 1 aromatic carbocycles. The van der Waals surface area contributed by atoms with Crippen LogP contribution in [0.25, 0.3) is 11.1 Å². The number of hydrogen-bond acceptors (Lipinski definition) is 0. The minimum atomic E-state index is -0.196. The van der Waals surface area contributed by atoms with Crippen LogP contribution in [0.5, 0.6) is 0 Å². The predicted molar refractivity (Wildman–Crippen MR) is 55.7 cm³/mol. The first kappa shape index (κ1) is 9.00. The molecule has 1 nitrogen and oxygen atoms in total. The first-order valence-electron chi connectivity index (χ1n) is 4.59. The lowest BCUT2D eigenvalue weighted by Gasteiger charge is -1.99. The van der Waals surface area contributed by atoms with Gasteiger partial charge < -0.3 is 4.98 Å². The largest absolute Gasteiger partial charge is 0.362 e. The van der Waals surface area contributed by atoms with E-state index in [0.29, 0.717) is 0 Å². The molecule has 2 heteroatoms. The van der Waals surface area contributed by atoms with Crippen molar-refractivity contribution in [1.82, 2.24) is 4.98 Å². The van der Waals surface area contributed by atoms with Crippen molar-refractivity contribution >= 4 is 0 Å². The molecule has 72 valence electrons. The summed E-state index contributed by atoms with van der Waals surface area (Å²) in [5.41, 5.74) is 4.44. The zero-order chi connectivity index (χ0) is 10.1. The maximum absolute atomic E-state index is 12.7. The van der Waals surface area contributed by atoms with Crippen molar-refractivity contribution in [1.29, 1.82) is 0 Å². The summed E-state index contributed by atoms with van der Waals surface area (Å²) in [6, 6.07) is 8.63. The molecule has 0 aliphatic heterocycles. The molecule has 2 aromatic rings. The average molecular weight is 189 g/mol. The summed E-state index contributed by atoms with van der Waals surface area (Å²) < 4.78 is 12.7. The summed E-state index contributed by atoms with van der Waals surface area (Å²) in [5, 5.41) is 0. The van der Waals surface area contributed by atoms with Gasteiger partial charge in [0.15, 0.2) is 0 Å². The molecule has 0 aliphatic carbocycles. The first-order valence-corrected chi connectivity index (χ1v) is 4.59. The Morgan fingerprint density at radius 2 is 1.71 bits per heavy atom. The Hall–Kier alpha value is -1.57. The second kappa shape index (κ2) is 3.29. The van der Waals surface area contributed by atoms with Crippen molar-refractivity contribution < 1.29 is 4.39 Å². The minimum Gasteiger partial charge on any atom is -0.362 e. The van der Waals surface area contributed by atoms with Gasteiger partial charge in [-0.25, -0.2) is 4.39 Å². The molecular formula is C12H12FN. The zero-order valence-corrected chi connectivity index (χ0v) is 8.26. The Kier molecular flexibility index (Phi) is 2.12. The molecule has 0 atom stereocenters. The van der Waals surface area contributed by atoms with E-state index in [-0.39, 0.29) is 5.82 Å².